The van der Waals surface area contributed by atoms with Gasteiger partial charge in [0.15, 0.2) is 0 Å². The number of aromatic nitrogens is 2. The molecule has 0 saturated carbocycles. The summed E-state index contributed by atoms with van der Waals surface area (Å²) < 4.78 is 2.40. The van der Waals surface area contributed by atoms with Crippen molar-refractivity contribution in [3.05, 3.63) is 27.8 Å². The number of carboxylic acid groups (broad SMARTS) is 1. The molecular weight excluding hydrogens is 295 g/mol. The van der Waals surface area contributed by atoms with Crippen molar-refractivity contribution < 1.29 is 9.90 Å². The van der Waals surface area contributed by atoms with Gasteiger partial charge in [-0.05, 0) is 28.1 Å². The van der Waals surface area contributed by atoms with Crippen LogP contribution in [0.5, 0.6) is 0 Å². The van der Waals surface area contributed by atoms with Crippen LogP contribution in [0.15, 0.2) is 22.8 Å². The number of carboxylic acids is 1. The molecule has 0 saturated heterocycles. The zero-order valence-corrected chi connectivity index (χ0v) is 10.5. The number of aryl methyl sites for hydroxylation is 1. The quantitative estimate of drug-likeness (QED) is 0.948. The maximum Gasteiger partial charge on any atom is 0.305 e. The Balaban J connectivity index is 2.36. The van der Waals surface area contributed by atoms with Crippen molar-refractivity contribution in [3.8, 4) is 0 Å². The van der Waals surface area contributed by atoms with Gasteiger partial charge in [-0.1, -0.05) is 11.6 Å². The SMILES string of the molecule is O=C(O)CCn1cc2c(Cl)c(Br)ccc2n1. The van der Waals surface area contributed by atoms with Crippen molar-refractivity contribution in [2.45, 2.75) is 13.0 Å². The maximum atomic E-state index is 10.4. The van der Waals surface area contributed by atoms with Crippen LogP contribution < -0.4 is 0 Å². The molecule has 0 atom stereocenters. The molecule has 0 aliphatic rings. The van der Waals surface area contributed by atoms with E-state index in [0.717, 1.165) is 15.4 Å². The lowest BCUT2D eigenvalue weighted by Gasteiger charge is -1.95. The molecule has 1 aromatic carbocycles. The first-order valence-corrected chi connectivity index (χ1v) is 5.78. The van der Waals surface area contributed by atoms with E-state index in [1.165, 1.54) is 0 Å². The molecule has 2 rings (SSSR count). The van der Waals surface area contributed by atoms with E-state index in [2.05, 4.69) is 21.0 Å². The normalized spacial score (nSPS) is 10.9. The van der Waals surface area contributed by atoms with Crippen LogP contribution in [0.4, 0.5) is 0 Å². The predicted molar refractivity (Wildman–Crippen MR) is 64.7 cm³/mol. The van der Waals surface area contributed by atoms with E-state index >= 15 is 0 Å². The van der Waals surface area contributed by atoms with Crippen LogP contribution in [0, 0.1) is 0 Å². The summed E-state index contributed by atoms with van der Waals surface area (Å²) in [6.07, 6.45) is 1.80. The minimum atomic E-state index is -0.841. The standard InChI is InChI=1S/C10H8BrClN2O2/c11-7-1-2-8-6(10(7)12)5-14(13-8)4-3-9(15)16/h1-2,5H,3-4H2,(H,15,16). The first-order chi connectivity index (χ1) is 7.58. The second kappa shape index (κ2) is 4.43. The summed E-state index contributed by atoms with van der Waals surface area (Å²) in [4.78, 5) is 10.4. The Hall–Kier alpha value is -1.07. The molecule has 6 heteroatoms. The summed E-state index contributed by atoms with van der Waals surface area (Å²) in [6, 6.07) is 3.65. The lowest BCUT2D eigenvalue weighted by Crippen LogP contribution is -2.04. The highest BCUT2D eigenvalue weighted by atomic mass is 79.9. The van der Waals surface area contributed by atoms with Gasteiger partial charge in [-0.25, -0.2) is 0 Å². The third-order valence-corrected chi connectivity index (χ3v) is 3.48. The topological polar surface area (TPSA) is 55.1 Å². The fourth-order valence-corrected chi connectivity index (χ4v) is 1.96. The molecule has 4 nitrogen and oxygen atoms in total. The van der Waals surface area contributed by atoms with Crippen LogP contribution in [0.3, 0.4) is 0 Å². The average molecular weight is 304 g/mol. The molecule has 1 heterocycles. The molecule has 0 aliphatic heterocycles. The largest absolute Gasteiger partial charge is 0.481 e. The fraction of sp³-hybridized carbons (Fsp3) is 0.200. The molecule has 0 fully saturated rings. The lowest BCUT2D eigenvalue weighted by atomic mass is 10.3. The van der Waals surface area contributed by atoms with E-state index in [4.69, 9.17) is 16.7 Å². The Morgan fingerprint density at radius 1 is 1.56 bits per heavy atom. The Labute approximate surface area is 105 Å². The number of hydrogen-bond donors (Lipinski definition) is 1. The average Bonchev–Trinajstić information content (AvgIpc) is 2.64. The highest BCUT2D eigenvalue weighted by Gasteiger charge is 2.08. The first kappa shape index (κ1) is 11.4. The van der Waals surface area contributed by atoms with E-state index in [9.17, 15) is 4.79 Å². The molecule has 0 bridgehead atoms. The molecular formula is C10H8BrClN2O2. The third-order valence-electron chi connectivity index (χ3n) is 2.18. The van der Waals surface area contributed by atoms with Crippen LogP contribution in [-0.4, -0.2) is 20.9 Å². The molecule has 0 amide bonds. The summed E-state index contributed by atoms with van der Waals surface area (Å²) in [7, 11) is 0. The molecule has 2 aromatic rings. The van der Waals surface area contributed by atoms with Crippen molar-refractivity contribution >= 4 is 44.4 Å². The number of halogens is 2. The van der Waals surface area contributed by atoms with Gasteiger partial charge in [-0.3, -0.25) is 9.48 Å². The van der Waals surface area contributed by atoms with Gasteiger partial charge in [0.25, 0.3) is 0 Å². The summed E-state index contributed by atoms with van der Waals surface area (Å²) in [6.45, 7) is 0.345. The second-order valence-electron chi connectivity index (χ2n) is 3.33. The van der Waals surface area contributed by atoms with Gasteiger partial charge in [-0.2, -0.15) is 5.10 Å². The number of rotatable bonds is 3. The molecule has 84 valence electrons. The number of benzene rings is 1. The van der Waals surface area contributed by atoms with Crippen LogP contribution in [0.2, 0.25) is 5.02 Å². The van der Waals surface area contributed by atoms with E-state index in [1.807, 2.05) is 12.1 Å². The molecule has 0 aliphatic carbocycles. The summed E-state index contributed by atoms with van der Waals surface area (Å²) in [5.41, 5.74) is 0.763. The van der Waals surface area contributed by atoms with E-state index in [1.54, 1.807) is 10.9 Å². The maximum absolute atomic E-state index is 10.4. The molecule has 0 unspecified atom stereocenters. The van der Waals surface area contributed by atoms with Crippen LogP contribution in [0.1, 0.15) is 6.42 Å². The van der Waals surface area contributed by atoms with Crippen molar-refractivity contribution in [2.75, 3.05) is 0 Å². The van der Waals surface area contributed by atoms with Crippen molar-refractivity contribution in [3.63, 3.8) is 0 Å². The summed E-state index contributed by atoms with van der Waals surface area (Å²) in [5.74, 6) is -0.841. The second-order valence-corrected chi connectivity index (χ2v) is 4.56. The van der Waals surface area contributed by atoms with Gasteiger partial charge in [-0.15, -0.1) is 0 Å². The zero-order valence-electron chi connectivity index (χ0n) is 8.15. The number of aliphatic carboxylic acids is 1. The van der Waals surface area contributed by atoms with E-state index in [-0.39, 0.29) is 6.42 Å². The van der Waals surface area contributed by atoms with Crippen LogP contribution in [-0.2, 0) is 11.3 Å². The highest BCUT2D eigenvalue weighted by molar-refractivity contribution is 9.10. The van der Waals surface area contributed by atoms with Crippen molar-refractivity contribution in [1.82, 2.24) is 9.78 Å². The fourth-order valence-electron chi connectivity index (χ4n) is 1.41. The Bertz CT molecular complexity index is 553. The Morgan fingerprint density at radius 2 is 2.31 bits per heavy atom. The van der Waals surface area contributed by atoms with Gasteiger partial charge >= 0.3 is 5.97 Å². The van der Waals surface area contributed by atoms with Gasteiger partial charge < -0.3 is 5.11 Å². The molecule has 0 radical (unpaired) electrons. The zero-order chi connectivity index (χ0) is 11.7. The smallest absolute Gasteiger partial charge is 0.305 e. The van der Waals surface area contributed by atoms with Crippen molar-refractivity contribution in [1.29, 1.82) is 0 Å². The molecule has 16 heavy (non-hydrogen) atoms. The Kier molecular flexibility index (Phi) is 3.16. The van der Waals surface area contributed by atoms with Gasteiger partial charge in [0.1, 0.15) is 0 Å². The monoisotopic (exact) mass is 302 g/mol. The number of nitrogens with zero attached hydrogens (tertiary/aromatic N) is 2. The third kappa shape index (κ3) is 2.20. The van der Waals surface area contributed by atoms with E-state index in [0.29, 0.717) is 11.6 Å². The van der Waals surface area contributed by atoms with Crippen LogP contribution >= 0.6 is 27.5 Å². The number of fused-ring (bicyclic) bond motifs is 1. The summed E-state index contributed by atoms with van der Waals surface area (Å²) in [5, 5.41) is 14.2. The Morgan fingerprint density at radius 3 is 3.00 bits per heavy atom. The molecule has 1 N–H and O–H groups in total. The minimum Gasteiger partial charge on any atom is -0.481 e. The van der Waals surface area contributed by atoms with E-state index < -0.39 is 5.97 Å². The van der Waals surface area contributed by atoms with Crippen LogP contribution in [0.25, 0.3) is 10.9 Å². The van der Waals surface area contributed by atoms with Gasteiger partial charge in [0, 0.05) is 16.1 Å². The molecule has 0 spiro atoms. The van der Waals surface area contributed by atoms with Gasteiger partial charge in [0.05, 0.1) is 23.5 Å². The van der Waals surface area contributed by atoms with Crippen molar-refractivity contribution in [2.24, 2.45) is 0 Å². The number of carbonyl (C=O) groups is 1. The number of hydrogen-bond acceptors (Lipinski definition) is 2. The predicted octanol–water partition coefficient (Wildman–Crippen LogP) is 2.93. The summed E-state index contributed by atoms with van der Waals surface area (Å²) >= 11 is 9.41. The lowest BCUT2D eigenvalue weighted by molar-refractivity contribution is -0.137. The first-order valence-electron chi connectivity index (χ1n) is 4.61. The minimum absolute atomic E-state index is 0.0484. The highest BCUT2D eigenvalue weighted by Crippen LogP contribution is 2.30. The van der Waals surface area contributed by atoms with Gasteiger partial charge in [0.2, 0.25) is 0 Å². The molecule has 1 aromatic heterocycles.